The average molecular weight is 251 g/mol. The van der Waals surface area contributed by atoms with Crippen LogP contribution in [0.2, 0.25) is 0 Å². The third kappa shape index (κ3) is 6.58. The van der Waals surface area contributed by atoms with Crippen LogP contribution < -0.4 is 5.32 Å². The molecule has 3 atom stereocenters. The zero-order chi connectivity index (χ0) is 12.7. The van der Waals surface area contributed by atoms with Crippen molar-refractivity contribution in [2.45, 2.75) is 39.8 Å². The SMILES string of the molecule is CC(OC(=O)NC(C)PO)OC(=O)C(C)C. The van der Waals surface area contributed by atoms with Gasteiger partial charge in [0.05, 0.1) is 11.7 Å². The zero-order valence-electron chi connectivity index (χ0n) is 9.81. The van der Waals surface area contributed by atoms with E-state index in [0.717, 1.165) is 0 Å². The van der Waals surface area contributed by atoms with E-state index < -0.39 is 27.2 Å². The molecule has 3 unspecified atom stereocenters. The Morgan fingerprint density at radius 1 is 1.19 bits per heavy atom. The lowest BCUT2D eigenvalue weighted by atomic mass is 10.2. The number of alkyl carbamates (subject to hydrolysis) is 1. The van der Waals surface area contributed by atoms with Crippen LogP contribution in [0.4, 0.5) is 4.79 Å². The molecule has 1 amide bonds. The van der Waals surface area contributed by atoms with E-state index >= 15 is 0 Å². The number of carbonyl (C=O) groups is 2. The van der Waals surface area contributed by atoms with E-state index in [9.17, 15) is 9.59 Å². The summed E-state index contributed by atoms with van der Waals surface area (Å²) in [5, 5.41) is 2.37. The second-order valence-corrected chi connectivity index (χ2v) is 4.68. The van der Waals surface area contributed by atoms with Crippen molar-refractivity contribution in [1.29, 1.82) is 0 Å². The van der Waals surface area contributed by atoms with Crippen molar-refractivity contribution in [2.75, 3.05) is 0 Å². The first-order valence-corrected chi connectivity index (χ1v) is 5.96. The summed E-state index contributed by atoms with van der Waals surface area (Å²) in [7, 11) is -0.407. The number of nitrogens with one attached hydrogen (secondary N) is 1. The van der Waals surface area contributed by atoms with E-state index in [-0.39, 0.29) is 11.7 Å². The van der Waals surface area contributed by atoms with Crippen molar-refractivity contribution in [1.82, 2.24) is 5.32 Å². The summed E-state index contributed by atoms with van der Waals surface area (Å²) >= 11 is 0. The average Bonchev–Trinajstić information content (AvgIpc) is 2.16. The Hall–Kier alpha value is -0.870. The molecule has 0 aromatic rings. The van der Waals surface area contributed by atoms with E-state index in [2.05, 4.69) is 5.32 Å². The molecule has 0 aromatic heterocycles. The topological polar surface area (TPSA) is 84.9 Å². The number of hydrogen-bond acceptors (Lipinski definition) is 5. The quantitative estimate of drug-likeness (QED) is 0.435. The fraction of sp³-hybridized carbons (Fsp3) is 0.778. The first-order valence-electron chi connectivity index (χ1n) is 4.94. The lowest BCUT2D eigenvalue weighted by Crippen LogP contribution is -2.34. The normalized spacial score (nSPS) is 14.9. The molecule has 0 aliphatic carbocycles. The molecule has 7 heteroatoms. The molecule has 0 spiro atoms. The van der Waals surface area contributed by atoms with Gasteiger partial charge in [-0.1, -0.05) is 13.8 Å². The Labute approximate surface area is 96.6 Å². The largest absolute Gasteiger partial charge is 0.425 e. The van der Waals surface area contributed by atoms with Crippen LogP contribution in [-0.4, -0.2) is 29.0 Å². The number of hydrogen-bond donors (Lipinski definition) is 2. The van der Waals surface area contributed by atoms with Gasteiger partial charge in [0.25, 0.3) is 0 Å². The summed E-state index contributed by atoms with van der Waals surface area (Å²) < 4.78 is 9.56. The van der Waals surface area contributed by atoms with Crippen molar-refractivity contribution in [3.05, 3.63) is 0 Å². The lowest BCUT2D eigenvalue weighted by molar-refractivity contribution is -0.168. The molecule has 16 heavy (non-hydrogen) atoms. The summed E-state index contributed by atoms with van der Waals surface area (Å²) in [4.78, 5) is 31.0. The van der Waals surface area contributed by atoms with E-state index in [1.165, 1.54) is 6.92 Å². The molecule has 0 saturated carbocycles. The first kappa shape index (κ1) is 15.1. The molecule has 0 fully saturated rings. The Bertz CT molecular complexity index is 246. The number of carbonyl (C=O) groups excluding carboxylic acids is 2. The fourth-order valence-electron chi connectivity index (χ4n) is 0.718. The van der Waals surface area contributed by atoms with E-state index in [4.69, 9.17) is 14.4 Å². The van der Waals surface area contributed by atoms with Crippen molar-refractivity contribution < 1.29 is 24.0 Å². The van der Waals surface area contributed by atoms with Crippen LogP contribution in [0.15, 0.2) is 0 Å². The minimum atomic E-state index is -0.941. The maximum absolute atomic E-state index is 11.1. The molecular weight excluding hydrogens is 233 g/mol. The van der Waals surface area contributed by atoms with Crippen LogP contribution in [0.25, 0.3) is 0 Å². The van der Waals surface area contributed by atoms with Gasteiger partial charge in [-0.25, -0.2) is 4.79 Å². The van der Waals surface area contributed by atoms with Crippen LogP contribution in [0.1, 0.15) is 27.7 Å². The van der Waals surface area contributed by atoms with Gasteiger partial charge in [0.2, 0.25) is 6.29 Å². The molecular formula is C9H18NO5P. The van der Waals surface area contributed by atoms with Gasteiger partial charge in [0, 0.05) is 15.7 Å². The molecule has 0 aromatic carbocycles. The van der Waals surface area contributed by atoms with Gasteiger partial charge in [0.15, 0.2) is 0 Å². The lowest BCUT2D eigenvalue weighted by Gasteiger charge is -2.17. The second-order valence-electron chi connectivity index (χ2n) is 3.56. The Morgan fingerprint density at radius 2 is 1.75 bits per heavy atom. The van der Waals surface area contributed by atoms with Crippen LogP contribution >= 0.6 is 8.81 Å². The molecule has 0 radical (unpaired) electrons. The number of esters is 1. The summed E-state index contributed by atoms with van der Waals surface area (Å²) in [6.45, 7) is 6.45. The summed E-state index contributed by atoms with van der Waals surface area (Å²) in [5.41, 5.74) is 0. The standard InChI is InChI=1S/C9H18NO5P/c1-5(2)8(11)14-7(4)15-9(12)10-6(3)16-13/h5-7,13,16H,1-4H3,(H,10,12). The van der Waals surface area contributed by atoms with E-state index in [1.807, 2.05) is 0 Å². The molecule has 0 aliphatic heterocycles. The maximum Gasteiger partial charge on any atom is 0.410 e. The molecule has 2 N–H and O–H groups in total. The Morgan fingerprint density at radius 3 is 2.19 bits per heavy atom. The molecule has 0 aliphatic rings. The highest BCUT2D eigenvalue weighted by Crippen LogP contribution is 2.09. The summed E-state index contributed by atoms with van der Waals surface area (Å²) in [5.74, 6) is -1.08. The minimum absolute atomic E-state index is 0.271. The molecule has 0 bridgehead atoms. The molecule has 0 saturated heterocycles. The third-order valence-electron chi connectivity index (χ3n) is 1.55. The van der Waals surface area contributed by atoms with Crippen LogP contribution in [0, 0.1) is 5.92 Å². The maximum atomic E-state index is 11.1. The highest BCUT2D eigenvalue weighted by Gasteiger charge is 2.17. The van der Waals surface area contributed by atoms with Gasteiger partial charge >= 0.3 is 12.1 Å². The summed E-state index contributed by atoms with van der Waals surface area (Å²) in [6.07, 6.45) is -1.66. The number of ether oxygens (including phenoxy) is 2. The number of rotatable bonds is 5. The van der Waals surface area contributed by atoms with E-state index in [1.54, 1.807) is 20.8 Å². The van der Waals surface area contributed by atoms with Gasteiger partial charge < -0.3 is 19.7 Å². The molecule has 6 nitrogen and oxygen atoms in total. The highest BCUT2D eigenvalue weighted by molar-refractivity contribution is 7.31. The van der Waals surface area contributed by atoms with Gasteiger partial charge in [-0.2, -0.15) is 0 Å². The first-order chi connectivity index (χ1) is 7.36. The van der Waals surface area contributed by atoms with Crippen molar-refractivity contribution in [3.63, 3.8) is 0 Å². The Kier molecular flexibility index (Phi) is 7.01. The van der Waals surface area contributed by atoms with Gasteiger partial charge in [-0.15, -0.1) is 0 Å². The van der Waals surface area contributed by atoms with Crippen LogP contribution in [0.3, 0.4) is 0 Å². The van der Waals surface area contributed by atoms with Crippen LogP contribution in [0.5, 0.6) is 0 Å². The summed E-state index contributed by atoms with van der Waals surface area (Å²) in [6, 6.07) is 0. The Balaban J connectivity index is 3.91. The molecule has 0 rings (SSSR count). The predicted octanol–water partition coefficient (Wildman–Crippen LogP) is 1.19. The predicted molar refractivity (Wildman–Crippen MR) is 60.0 cm³/mol. The van der Waals surface area contributed by atoms with Crippen molar-refractivity contribution in [2.24, 2.45) is 5.92 Å². The smallest absolute Gasteiger partial charge is 0.410 e. The molecule has 0 heterocycles. The molecule has 94 valence electrons. The van der Waals surface area contributed by atoms with Crippen LogP contribution in [-0.2, 0) is 14.3 Å². The highest BCUT2D eigenvalue weighted by atomic mass is 31.1. The van der Waals surface area contributed by atoms with Gasteiger partial charge in [-0.05, 0) is 6.92 Å². The second kappa shape index (κ2) is 7.41. The van der Waals surface area contributed by atoms with Crippen molar-refractivity contribution in [3.8, 4) is 0 Å². The van der Waals surface area contributed by atoms with Gasteiger partial charge in [-0.3, -0.25) is 4.79 Å². The monoisotopic (exact) mass is 251 g/mol. The van der Waals surface area contributed by atoms with E-state index in [0.29, 0.717) is 0 Å². The third-order valence-corrected chi connectivity index (χ3v) is 2.09. The zero-order valence-corrected chi connectivity index (χ0v) is 10.8. The number of amides is 1. The minimum Gasteiger partial charge on any atom is -0.425 e. The fourth-order valence-corrected chi connectivity index (χ4v) is 0.900. The van der Waals surface area contributed by atoms with Crippen molar-refractivity contribution >= 4 is 20.9 Å². The van der Waals surface area contributed by atoms with Gasteiger partial charge in [0.1, 0.15) is 0 Å².